The number of nitrogens with zero attached hydrogens (tertiary/aromatic N) is 5. The molecule has 0 radical (unpaired) electrons. The third-order valence-corrected chi connectivity index (χ3v) is 6.34. The number of carbonyl (C=O) groups excluding carboxylic acids is 1. The van der Waals surface area contributed by atoms with Crippen molar-refractivity contribution in [1.29, 1.82) is 0 Å². The van der Waals surface area contributed by atoms with Crippen molar-refractivity contribution >= 4 is 34.5 Å². The summed E-state index contributed by atoms with van der Waals surface area (Å²) in [6.45, 7) is 4.23. The number of thioether (sulfide) groups is 1. The molecule has 3 heterocycles. The smallest absolute Gasteiger partial charge is 0.220 e. The second-order valence-corrected chi connectivity index (χ2v) is 8.57. The van der Waals surface area contributed by atoms with Gasteiger partial charge in [-0.05, 0) is 25.0 Å². The van der Waals surface area contributed by atoms with Crippen LogP contribution in [0, 0.1) is 5.92 Å². The second-order valence-electron chi connectivity index (χ2n) is 7.80. The molecule has 2 aromatic heterocycles. The lowest BCUT2D eigenvalue weighted by atomic mass is 9.87. The summed E-state index contributed by atoms with van der Waals surface area (Å²) < 4.78 is 7.35. The van der Waals surface area contributed by atoms with E-state index in [9.17, 15) is 4.79 Å². The van der Waals surface area contributed by atoms with E-state index in [4.69, 9.17) is 9.72 Å². The van der Waals surface area contributed by atoms with E-state index in [2.05, 4.69) is 20.3 Å². The predicted molar refractivity (Wildman–Crippen MR) is 114 cm³/mol. The average molecular weight is 419 g/mol. The number of ether oxygens (including phenoxy) is 1. The highest BCUT2D eigenvalue weighted by Crippen LogP contribution is 2.27. The third kappa shape index (κ3) is 5.01. The number of hydrogen-bond acceptors (Lipinski definition) is 7. The lowest BCUT2D eigenvalue weighted by Gasteiger charge is -2.28. The molecule has 2 fully saturated rings. The van der Waals surface area contributed by atoms with Gasteiger partial charge in [-0.2, -0.15) is 5.10 Å². The zero-order valence-corrected chi connectivity index (χ0v) is 17.9. The number of anilines is 1. The molecule has 2 aromatic rings. The number of amides is 1. The zero-order chi connectivity index (χ0) is 20.1. The van der Waals surface area contributed by atoms with E-state index in [-0.39, 0.29) is 5.91 Å². The Balaban J connectivity index is 1.41. The molecule has 1 amide bonds. The number of morpholine rings is 1. The second kappa shape index (κ2) is 9.75. The van der Waals surface area contributed by atoms with Crippen LogP contribution in [-0.4, -0.2) is 64.8 Å². The summed E-state index contributed by atoms with van der Waals surface area (Å²) in [6.07, 6.45) is 10.7. The van der Waals surface area contributed by atoms with Gasteiger partial charge in [0.1, 0.15) is 5.82 Å². The van der Waals surface area contributed by atoms with Crippen LogP contribution in [0.5, 0.6) is 0 Å². The minimum absolute atomic E-state index is 0.154. The maximum Gasteiger partial charge on any atom is 0.220 e. The molecule has 1 saturated carbocycles. The maximum atomic E-state index is 12.3. The van der Waals surface area contributed by atoms with Crippen molar-refractivity contribution in [2.24, 2.45) is 5.92 Å². The van der Waals surface area contributed by atoms with Gasteiger partial charge in [0.15, 0.2) is 10.8 Å². The van der Waals surface area contributed by atoms with E-state index in [0.29, 0.717) is 38.6 Å². The first-order valence-corrected chi connectivity index (χ1v) is 11.8. The van der Waals surface area contributed by atoms with Gasteiger partial charge >= 0.3 is 0 Å². The third-order valence-electron chi connectivity index (χ3n) is 5.79. The molecule has 1 aliphatic carbocycles. The molecule has 1 saturated heterocycles. The number of rotatable bonds is 7. The van der Waals surface area contributed by atoms with E-state index in [1.807, 2.05) is 17.1 Å². The van der Waals surface area contributed by atoms with Gasteiger partial charge in [0.2, 0.25) is 5.91 Å². The van der Waals surface area contributed by atoms with Crippen LogP contribution < -0.4 is 10.2 Å². The fourth-order valence-corrected chi connectivity index (χ4v) is 4.57. The van der Waals surface area contributed by atoms with Crippen LogP contribution in [-0.2, 0) is 16.1 Å². The lowest BCUT2D eigenvalue weighted by Crippen LogP contribution is -2.37. The van der Waals surface area contributed by atoms with Gasteiger partial charge in [0.25, 0.3) is 0 Å². The number of fused-ring (bicyclic) bond motifs is 1. The molecule has 4 rings (SSSR count). The summed E-state index contributed by atoms with van der Waals surface area (Å²) >= 11 is 1.53. The summed E-state index contributed by atoms with van der Waals surface area (Å²) in [5, 5.41) is 9.29. The fraction of sp³-hybridized carbons (Fsp3) is 0.700. The van der Waals surface area contributed by atoms with Gasteiger partial charge in [0.05, 0.1) is 31.3 Å². The molecule has 0 spiro atoms. The van der Waals surface area contributed by atoms with Crippen LogP contribution in [0.4, 0.5) is 5.82 Å². The van der Waals surface area contributed by atoms with E-state index in [1.54, 1.807) is 0 Å². The number of aromatic nitrogens is 4. The van der Waals surface area contributed by atoms with Crippen LogP contribution in [0.15, 0.2) is 11.4 Å². The normalized spacial score (nSPS) is 18.3. The Morgan fingerprint density at radius 1 is 1.24 bits per heavy atom. The highest BCUT2D eigenvalue weighted by atomic mass is 32.2. The minimum atomic E-state index is 0.154. The summed E-state index contributed by atoms with van der Waals surface area (Å²) in [7, 11) is 0. The standard InChI is InChI=1S/C20H30N6O2S/c1-29-20-23-18(25-9-11-28-12-10-25)16-14-22-26(19(16)24-20)8-7-21-17(27)13-15-5-3-2-4-6-15/h14-15H,2-13H2,1H3,(H,21,27). The molecule has 8 nitrogen and oxygen atoms in total. The Bertz CT molecular complexity index is 830. The topological polar surface area (TPSA) is 85.2 Å². The van der Waals surface area contributed by atoms with Crippen LogP contribution in [0.25, 0.3) is 11.0 Å². The molecule has 9 heteroatoms. The Morgan fingerprint density at radius 2 is 2.03 bits per heavy atom. The Morgan fingerprint density at radius 3 is 2.79 bits per heavy atom. The Hall–Kier alpha value is -1.87. The maximum absolute atomic E-state index is 12.3. The largest absolute Gasteiger partial charge is 0.378 e. The van der Waals surface area contributed by atoms with Gasteiger partial charge in [-0.25, -0.2) is 14.6 Å². The van der Waals surface area contributed by atoms with E-state index in [1.165, 1.54) is 43.9 Å². The van der Waals surface area contributed by atoms with Gasteiger partial charge in [-0.1, -0.05) is 31.0 Å². The van der Waals surface area contributed by atoms with Crippen molar-refractivity contribution in [3.05, 3.63) is 6.20 Å². The first-order valence-electron chi connectivity index (χ1n) is 10.6. The van der Waals surface area contributed by atoms with Crippen LogP contribution in [0.2, 0.25) is 0 Å². The quantitative estimate of drug-likeness (QED) is 0.546. The highest BCUT2D eigenvalue weighted by Gasteiger charge is 2.20. The molecular formula is C20H30N6O2S. The molecule has 158 valence electrons. The fourth-order valence-electron chi connectivity index (χ4n) is 4.22. The van der Waals surface area contributed by atoms with Gasteiger partial charge in [0, 0.05) is 26.1 Å². The molecular weight excluding hydrogens is 388 g/mol. The number of carbonyl (C=O) groups is 1. The van der Waals surface area contributed by atoms with E-state index >= 15 is 0 Å². The van der Waals surface area contributed by atoms with Gasteiger partial charge in [-0.3, -0.25) is 4.79 Å². The van der Waals surface area contributed by atoms with Crippen molar-refractivity contribution in [2.75, 3.05) is 44.0 Å². The molecule has 1 N–H and O–H groups in total. The van der Waals surface area contributed by atoms with Crippen molar-refractivity contribution in [3.63, 3.8) is 0 Å². The molecule has 1 aliphatic heterocycles. The SMILES string of the molecule is CSc1nc(N2CCOCC2)c2cnn(CCNC(=O)CC3CCCCC3)c2n1. The Labute approximate surface area is 175 Å². The average Bonchev–Trinajstić information content (AvgIpc) is 3.17. The summed E-state index contributed by atoms with van der Waals surface area (Å²) in [5.74, 6) is 1.64. The van der Waals surface area contributed by atoms with Gasteiger partial charge < -0.3 is 15.0 Å². The van der Waals surface area contributed by atoms with E-state index < -0.39 is 0 Å². The van der Waals surface area contributed by atoms with E-state index in [0.717, 1.165) is 35.1 Å². The molecule has 29 heavy (non-hydrogen) atoms. The lowest BCUT2D eigenvalue weighted by molar-refractivity contribution is -0.122. The monoisotopic (exact) mass is 418 g/mol. The molecule has 0 aromatic carbocycles. The summed E-state index contributed by atoms with van der Waals surface area (Å²) in [6, 6.07) is 0. The van der Waals surface area contributed by atoms with Crippen molar-refractivity contribution in [2.45, 2.75) is 50.2 Å². The van der Waals surface area contributed by atoms with Crippen molar-refractivity contribution < 1.29 is 9.53 Å². The van der Waals surface area contributed by atoms with Crippen molar-refractivity contribution in [3.8, 4) is 0 Å². The summed E-state index contributed by atoms with van der Waals surface area (Å²) in [5.41, 5.74) is 0.826. The molecule has 0 bridgehead atoms. The summed E-state index contributed by atoms with van der Waals surface area (Å²) in [4.78, 5) is 23.9. The number of hydrogen-bond donors (Lipinski definition) is 1. The molecule has 0 unspecified atom stereocenters. The molecule has 0 atom stereocenters. The molecule has 2 aliphatic rings. The minimum Gasteiger partial charge on any atom is -0.378 e. The van der Waals surface area contributed by atoms with Crippen LogP contribution in [0.3, 0.4) is 0 Å². The Kier molecular flexibility index (Phi) is 6.86. The highest BCUT2D eigenvalue weighted by molar-refractivity contribution is 7.98. The van der Waals surface area contributed by atoms with Gasteiger partial charge in [-0.15, -0.1) is 0 Å². The van der Waals surface area contributed by atoms with Crippen molar-refractivity contribution in [1.82, 2.24) is 25.1 Å². The zero-order valence-electron chi connectivity index (χ0n) is 17.1. The van der Waals surface area contributed by atoms with Crippen LogP contribution in [0.1, 0.15) is 38.5 Å². The number of nitrogens with one attached hydrogen (secondary N) is 1. The van der Waals surface area contributed by atoms with Crippen LogP contribution >= 0.6 is 11.8 Å². The predicted octanol–water partition coefficient (Wildman–Crippen LogP) is 2.47. The first-order chi connectivity index (χ1) is 14.2. The first kappa shape index (κ1) is 20.4.